The molecule has 0 radical (unpaired) electrons. The van der Waals surface area contributed by atoms with E-state index < -0.39 is 12.0 Å². The molecule has 4 nitrogen and oxygen atoms in total. The van der Waals surface area contributed by atoms with Gasteiger partial charge in [-0.3, -0.25) is 4.79 Å². The molecule has 1 unspecified atom stereocenters. The third-order valence-corrected chi connectivity index (χ3v) is 1.12. The van der Waals surface area contributed by atoms with E-state index in [0.717, 1.165) is 0 Å². The Morgan fingerprint density at radius 2 is 2.50 bits per heavy atom. The molecule has 0 saturated carbocycles. The first-order valence-electron chi connectivity index (χ1n) is 2.73. The molecule has 0 spiro atoms. The van der Waals surface area contributed by atoms with Crippen molar-refractivity contribution in [2.75, 3.05) is 0 Å². The van der Waals surface area contributed by atoms with Crippen LogP contribution in [0.15, 0.2) is 22.8 Å². The van der Waals surface area contributed by atoms with Crippen LogP contribution in [0.5, 0.6) is 0 Å². The van der Waals surface area contributed by atoms with Crippen LogP contribution in [0.1, 0.15) is 11.8 Å². The number of nitrogens with two attached hydrogens (primary N) is 1. The highest BCUT2D eigenvalue weighted by atomic mass is 16.4. The van der Waals surface area contributed by atoms with Gasteiger partial charge in [0.1, 0.15) is 5.76 Å². The van der Waals surface area contributed by atoms with Crippen LogP contribution in [0.3, 0.4) is 0 Å². The number of furan rings is 1. The summed E-state index contributed by atoms with van der Waals surface area (Å²) in [5.41, 5.74) is 5.19. The van der Waals surface area contributed by atoms with E-state index in [4.69, 9.17) is 15.3 Å². The normalized spacial score (nSPS) is 12.9. The predicted molar refractivity (Wildman–Crippen MR) is 33.3 cm³/mol. The molecular weight excluding hydrogens is 134 g/mol. The average Bonchev–Trinajstić information content (AvgIpc) is 2.36. The summed E-state index contributed by atoms with van der Waals surface area (Å²) >= 11 is 0. The molecule has 10 heavy (non-hydrogen) atoms. The lowest BCUT2D eigenvalue weighted by atomic mass is 10.2. The number of carbonyl (C=O) groups is 1. The van der Waals surface area contributed by atoms with E-state index in [1.54, 1.807) is 6.07 Å². The van der Waals surface area contributed by atoms with Crippen molar-refractivity contribution in [1.29, 1.82) is 0 Å². The topological polar surface area (TPSA) is 76.5 Å². The van der Waals surface area contributed by atoms with Crippen LogP contribution >= 0.6 is 0 Å². The van der Waals surface area contributed by atoms with Crippen molar-refractivity contribution in [3.63, 3.8) is 0 Å². The molecule has 0 aliphatic heterocycles. The van der Waals surface area contributed by atoms with Crippen molar-refractivity contribution >= 4 is 5.97 Å². The average molecular weight is 141 g/mol. The van der Waals surface area contributed by atoms with Crippen molar-refractivity contribution in [1.82, 2.24) is 0 Å². The van der Waals surface area contributed by atoms with Gasteiger partial charge < -0.3 is 15.3 Å². The summed E-state index contributed by atoms with van der Waals surface area (Å²) in [5, 5.41) is 8.37. The maximum Gasteiger partial charge on any atom is 0.328 e. The van der Waals surface area contributed by atoms with E-state index in [1.807, 2.05) is 0 Å². The van der Waals surface area contributed by atoms with Gasteiger partial charge in [0.15, 0.2) is 6.04 Å². The maximum absolute atomic E-state index is 10.2. The molecule has 0 fully saturated rings. The first-order valence-corrected chi connectivity index (χ1v) is 2.73. The number of hydrogen-bond donors (Lipinski definition) is 2. The van der Waals surface area contributed by atoms with Gasteiger partial charge >= 0.3 is 5.97 Å². The summed E-state index contributed by atoms with van der Waals surface area (Å²) in [6, 6.07) is 2.08. The van der Waals surface area contributed by atoms with Crippen molar-refractivity contribution in [2.45, 2.75) is 6.04 Å². The van der Waals surface area contributed by atoms with Crippen LogP contribution in [-0.4, -0.2) is 11.1 Å². The summed E-state index contributed by atoms with van der Waals surface area (Å²) < 4.78 is 4.75. The smallest absolute Gasteiger partial charge is 0.328 e. The minimum Gasteiger partial charge on any atom is -0.480 e. The van der Waals surface area contributed by atoms with E-state index in [9.17, 15) is 4.79 Å². The summed E-state index contributed by atoms with van der Waals surface area (Å²) in [7, 11) is 0. The second-order valence-corrected chi connectivity index (χ2v) is 1.83. The highest BCUT2D eigenvalue weighted by Crippen LogP contribution is 2.09. The molecule has 1 aromatic heterocycles. The summed E-state index contributed by atoms with van der Waals surface area (Å²) in [5.74, 6) is -0.817. The van der Waals surface area contributed by atoms with Gasteiger partial charge in [-0.25, -0.2) is 0 Å². The summed E-state index contributed by atoms with van der Waals surface area (Å²) in [6.45, 7) is 0. The second-order valence-electron chi connectivity index (χ2n) is 1.83. The fraction of sp³-hybridized carbons (Fsp3) is 0.167. The standard InChI is InChI=1S/C6H7NO3/c7-5(6(8)9)4-2-1-3-10-4/h1-3,5H,7H2,(H,8,9). The Bertz CT molecular complexity index is 217. The lowest BCUT2D eigenvalue weighted by Crippen LogP contribution is -2.19. The first-order chi connectivity index (χ1) is 4.72. The van der Waals surface area contributed by atoms with Gasteiger partial charge in [0.25, 0.3) is 0 Å². The molecule has 0 aliphatic carbocycles. The minimum absolute atomic E-state index is 0.271. The summed E-state index contributed by atoms with van der Waals surface area (Å²) in [4.78, 5) is 10.2. The molecule has 1 rings (SSSR count). The largest absolute Gasteiger partial charge is 0.480 e. The van der Waals surface area contributed by atoms with Gasteiger partial charge in [-0.05, 0) is 12.1 Å². The highest BCUT2D eigenvalue weighted by Gasteiger charge is 2.15. The molecular formula is C6H7NO3. The fourth-order valence-electron chi connectivity index (χ4n) is 0.590. The summed E-state index contributed by atoms with van der Waals surface area (Å²) in [6.07, 6.45) is 1.39. The van der Waals surface area contributed by atoms with Crippen molar-refractivity contribution < 1.29 is 14.3 Å². The molecule has 54 valence electrons. The van der Waals surface area contributed by atoms with Crippen LogP contribution in [0.4, 0.5) is 0 Å². The van der Waals surface area contributed by atoms with Crippen LogP contribution < -0.4 is 5.73 Å². The van der Waals surface area contributed by atoms with Gasteiger partial charge in [-0.2, -0.15) is 0 Å². The molecule has 0 aromatic carbocycles. The van der Waals surface area contributed by atoms with Gasteiger partial charge in [0, 0.05) is 0 Å². The Labute approximate surface area is 57.3 Å². The molecule has 0 saturated heterocycles. The lowest BCUT2D eigenvalue weighted by molar-refractivity contribution is -0.139. The Hall–Kier alpha value is -1.29. The fourth-order valence-corrected chi connectivity index (χ4v) is 0.590. The highest BCUT2D eigenvalue weighted by molar-refractivity contribution is 5.74. The molecule has 0 aliphatic rings. The monoisotopic (exact) mass is 141 g/mol. The zero-order valence-corrected chi connectivity index (χ0v) is 5.15. The molecule has 1 aromatic rings. The first kappa shape index (κ1) is 6.82. The maximum atomic E-state index is 10.2. The number of hydrogen-bond acceptors (Lipinski definition) is 3. The molecule has 1 heterocycles. The van der Waals surface area contributed by atoms with Crippen LogP contribution in [0.25, 0.3) is 0 Å². The van der Waals surface area contributed by atoms with E-state index in [0.29, 0.717) is 0 Å². The predicted octanol–water partition coefficient (Wildman–Crippen LogP) is 0.364. The molecule has 0 bridgehead atoms. The van der Waals surface area contributed by atoms with Crippen LogP contribution in [0.2, 0.25) is 0 Å². The Morgan fingerprint density at radius 1 is 1.80 bits per heavy atom. The molecule has 3 N–H and O–H groups in total. The third-order valence-electron chi connectivity index (χ3n) is 1.12. The van der Waals surface area contributed by atoms with E-state index in [-0.39, 0.29) is 5.76 Å². The van der Waals surface area contributed by atoms with E-state index >= 15 is 0 Å². The Kier molecular flexibility index (Phi) is 1.73. The van der Waals surface area contributed by atoms with Crippen molar-refractivity contribution in [3.05, 3.63) is 24.2 Å². The van der Waals surface area contributed by atoms with Gasteiger partial charge in [0.05, 0.1) is 6.26 Å². The van der Waals surface area contributed by atoms with Gasteiger partial charge in [-0.15, -0.1) is 0 Å². The Balaban J connectivity index is 2.77. The zero-order valence-electron chi connectivity index (χ0n) is 5.15. The number of carboxylic acids is 1. The number of carboxylic acid groups (broad SMARTS) is 1. The minimum atomic E-state index is -1.09. The molecule has 4 heteroatoms. The second kappa shape index (κ2) is 2.53. The zero-order chi connectivity index (χ0) is 7.56. The van der Waals surface area contributed by atoms with Crippen LogP contribution in [0, 0.1) is 0 Å². The SMILES string of the molecule is NC(C(=O)O)c1ccco1. The Morgan fingerprint density at radius 3 is 2.90 bits per heavy atom. The third kappa shape index (κ3) is 1.16. The van der Waals surface area contributed by atoms with E-state index in [1.165, 1.54) is 12.3 Å². The lowest BCUT2D eigenvalue weighted by Gasteiger charge is -1.99. The van der Waals surface area contributed by atoms with Gasteiger partial charge in [-0.1, -0.05) is 0 Å². The van der Waals surface area contributed by atoms with E-state index in [2.05, 4.69) is 0 Å². The number of rotatable bonds is 2. The van der Waals surface area contributed by atoms with Gasteiger partial charge in [0.2, 0.25) is 0 Å². The molecule has 1 atom stereocenters. The van der Waals surface area contributed by atoms with Crippen LogP contribution in [-0.2, 0) is 4.79 Å². The number of aliphatic carboxylic acids is 1. The quantitative estimate of drug-likeness (QED) is 0.623. The molecule has 0 amide bonds. The van der Waals surface area contributed by atoms with Crippen molar-refractivity contribution in [2.24, 2.45) is 5.73 Å². The van der Waals surface area contributed by atoms with Crippen molar-refractivity contribution in [3.8, 4) is 0 Å².